The third-order valence-corrected chi connectivity index (χ3v) is 6.44. The molecule has 6 heteroatoms. The van der Waals surface area contributed by atoms with Crippen molar-refractivity contribution in [3.8, 4) is 0 Å². The Kier molecular flexibility index (Phi) is 6.40. The van der Waals surface area contributed by atoms with Crippen molar-refractivity contribution < 1.29 is 14.3 Å². The zero-order valence-corrected chi connectivity index (χ0v) is 18.0. The van der Waals surface area contributed by atoms with E-state index < -0.39 is 0 Å². The molecule has 0 saturated carbocycles. The first-order chi connectivity index (χ1) is 14.5. The van der Waals surface area contributed by atoms with E-state index in [1.165, 1.54) is 20.0 Å². The number of esters is 1. The third kappa shape index (κ3) is 4.52. The molecule has 158 valence electrons. The van der Waals surface area contributed by atoms with E-state index in [1.54, 1.807) is 4.90 Å². The van der Waals surface area contributed by atoms with Gasteiger partial charge in [-0.05, 0) is 61.3 Å². The van der Waals surface area contributed by atoms with Gasteiger partial charge in [0.1, 0.15) is 0 Å². The number of rotatable bonds is 5. The predicted octanol–water partition coefficient (Wildman–Crippen LogP) is 3.96. The molecule has 2 aromatic rings. The van der Waals surface area contributed by atoms with Crippen molar-refractivity contribution in [1.82, 2.24) is 9.80 Å². The SMILES string of the molecule is COC(=O)[C@@H]1CN(C(=O)c2cccc(CN3CCCC3)c2)C[C@H]1c1ccc(Cl)cc1. The van der Waals surface area contributed by atoms with Crippen LogP contribution < -0.4 is 0 Å². The Morgan fingerprint density at radius 3 is 2.50 bits per heavy atom. The molecule has 2 aliphatic rings. The molecule has 2 saturated heterocycles. The molecular weight excluding hydrogens is 400 g/mol. The maximum Gasteiger partial charge on any atom is 0.311 e. The lowest BCUT2D eigenvalue weighted by molar-refractivity contribution is -0.145. The third-order valence-electron chi connectivity index (χ3n) is 6.19. The predicted molar refractivity (Wildman–Crippen MR) is 117 cm³/mol. The molecule has 0 unspecified atom stereocenters. The van der Waals surface area contributed by atoms with Gasteiger partial charge in [-0.3, -0.25) is 14.5 Å². The average Bonchev–Trinajstić information content (AvgIpc) is 3.43. The van der Waals surface area contributed by atoms with Gasteiger partial charge in [0.15, 0.2) is 0 Å². The molecule has 5 nitrogen and oxygen atoms in total. The summed E-state index contributed by atoms with van der Waals surface area (Å²) in [6.45, 7) is 3.95. The van der Waals surface area contributed by atoms with Crippen LogP contribution in [0.5, 0.6) is 0 Å². The molecule has 2 fully saturated rings. The van der Waals surface area contributed by atoms with Crippen LogP contribution in [-0.4, -0.2) is 55.0 Å². The standard InChI is InChI=1S/C24H27ClN2O3/c1-30-24(29)22-16-27(15-21(22)18-7-9-20(25)10-8-18)23(28)19-6-4-5-17(13-19)14-26-11-2-3-12-26/h4-10,13,21-22H,2-3,11-12,14-16H2,1H3/t21-,22+/m0/s1. The van der Waals surface area contributed by atoms with Crippen molar-refractivity contribution in [3.63, 3.8) is 0 Å². The lowest BCUT2D eigenvalue weighted by Crippen LogP contribution is -2.30. The van der Waals surface area contributed by atoms with Crippen molar-refractivity contribution in [1.29, 1.82) is 0 Å². The Labute approximate surface area is 182 Å². The van der Waals surface area contributed by atoms with Gasteiger partial charge in [-0.15, -0.1) is 0 Å². The van der Waals surface area contributed by atoms with Gasteiger partial charge < -0.3 is 9.64 Å². The van der Waals surface area contributed by atoms with E-state index in [4.69, 9.17) is 16.3 Å². The number of benzene rings is 2. The summed E-state index contributed by atoms with van der Waals surface area (Å²) >= 11 is 6.02. The number of methoxy groups -OCH3 is 1. The molecule has 0 bridgehead atoms. The highest BCUT2D eigenvalue weighted by molar-refractivity contribution is 6.30. The fraction of sp³-hybridized carbons (Fsp3) is 0.417. The van der Waals surface area contributed by atoms with Crippen LogP contribution in [0.15, 0.2) is 48.5 Å². The second kappa shape index (κ2) is 9.19. The minimum Gasteiger partial charge on any atom is -0.469 e. The molecule has 0 N–H and O–H groups in total. The molecule has 2 atom stereocenters. The van der Waals surface area contributed by atoms with Crippen LogP contribution in [-0.2, 0) is 16.1 Å². The lowest BCUT2D eigenvalue weighted by Gasteiger charge is -2.18. The maximum atomic E-state index is 13.3. The van der Waals surface area contributed by atoms with Gasteiger partial charge in [-0.25, -0.2) is 0 Å². The largest absolute Gasteiger partial charge is 0.469 e. The van der Waals surface area contributed by atoms with E-state index in [0.29, 0.717) is 23.7 Å². The normalized spacial score (nSPS) is 21.7. The highest BCUT2D eigenvalue weighted by atomic mass is 35.5. The Morgan fingerprint density at radius 1 is 1.07 bits per heavy atom. The van der Waals surface area contributed by atoms with Crippen molar-refractivity contribution >= 4 is 23.5 Å². The molecule has 30 heavy (non-hydrogen) atoms. The summed E-state index contributed by atoms with van der Waals surface area (Å²) in [5.74, 6) is -0.809. The molecule has 1 amide bonds. The molecule has 2 heterocycles. The second-order valence-corrected chi connectivity index (χ2v) is 8.62. The first-order valence-corrected chi connectivity index (χ1v) is 10.9. The summed E-state index contributed by atoms with van der Waals surface area (Å²) in [7, 11) is 1.40. The lowest BCUT2D eigenvalue weighted by atomic mass is 9.89. The quantitative estimate of drug-likeness (QED) is 0.679. The summed E-state index contributed by atoms with van der Waals surface area (Å²) in [6, 6.07) is 15.4. The first kappa shape index (κ1) is 20.9. The van der Waals surface area contributed by atoms with Crippen molar-refractivity contribution in [2.24, 2.45) is 5.92 Å². The highest BCUT2D eigenvalue weighted by Crippen LogP contribution is 2.35. The van der Waals surface area contributed by atoms with Gasteiger partial charge in [0.2, 0.25) is 0 Å². The molecule has 0 aliphatic carbocycles. The maximum absolute atomic E-state index is 13.3. The van der Waals surface area contributed by atoms with Gasteiger partial charge in [-0.2, -0.15) is 0 Å². The molecule has 0 aromatic heterocycles. The first-order valence-electron chi connectivity index (χ1n) is 10.5. The highest BCUT2D eigenvalue weighted by Gasteiger charge is 2.41. The fourth-order valence-electron chi connectivity index (χ4n) is 4.59. The number of nitrogens with zero attached hydrogens (tertiary/aromatic N) is 2. The van der Waals surface area contributed by atoms with Crippen molar-refractivity contribution in [2.45, 2.75) is 25.3 Å². The molecular formula is C24H27ClN2O3. The van der Waals surface area contributed by atoms with Crippen LogP contribution in [0, 0.1) is 5.92 Å². The monoisotopic (exact) mass is 426 g/mol. The Balaban J connectivity index is 1.52. The van der Waals surface area contributed by atoms with E-state index in [9.17, 15) is 9.59 Å². The van der Waals surface area contributed by atoms with Gasteiger partial charge in [-0.1, -0.05) is 35.9 Å². The van der Waals surface area contributed by atoms with Crippen LogP contribution in [0.1, 0.15) is 40.2 Å². The van der Waals surface area contributed by atoms with Crippen LogP contribution in [0.25, 0.3) is 0 Å². The van der Waals surface area contributed by atoms with Crippen LogP contribution >= 0.6 is 11.6 Å². The van der Waals surface area contributed by atoms with E-state index in [1.807, 2.05) is 42.5 Å². The van der Waals surface area contributed by atoms with Gasteiger partial charge in [0.05, 0.1) is 13.0 Å². The fourth-order valence-corrected chi connectivity index (χ4v) is 4.72. The summed E-state index contributed by atoms with van der Waals surface area (Å²) in [4.78, 5) is 29.9. The molecule has 2 aliphatic heterocycles. The van der Waals surface area contributed by atoms with Crippen LogP contribution in [0.3, 0.4) is 0 Å². The van der Waals surface area contributed by atoms with E-state index >= 15 is 0 Å². The Morgan fingerprint density at radius 2 is 1.80 bits per heavy atom. The number of carbonyl (C=O) groups excluding carboxylic acids is 2. The topological polar surface area (TPSA) is 49.9 Å². The molecule has 2 aromatic carbocycles. The number of likely N-dealkylation sites (tertiary alicyclic amines) is 2. The zero-order valence-electron chi connectivity index (χ0n) is 17.2. The number of amides is 1. The Bertz CT molecular complexity index is 909. The number of ether oxygens (including phenoxy) is 1. The van der Waals surface area contributed by atoms with Gasteiger partial charge in [0.25, 0.3) is 5.91 Å². The van der Waals surface area contributed by atoms with Crippen LogP contribution in [0.2, 0.25) is 5.02 Å². The summed E-state index contributed by atoms with van der Waals surface area (Å²) in [5, 5.41) is 0.647. The molecule has 0 spiro atoms. The second-order valence-electron chi connectivity index (χ2n) is 8.18. The summed E-state index contributed by atoms with van der Waals surface area (Å²) in [6.07, 6.45) is 2.49. The van der Waals surface area contributed by atoms with Gasteiger partial charge in [0, 0.05) is 36.1 Å². The van der Waals surface area contributed by atoms with Crippen molar-refractivity contribution in [2.75, 3.05) is 33.3 Å². The van der Waals surface area contributed by atoms with Crippen molar-refractivity contribution in [3.05, 3.63) is 70.2 Å². The molecule has 4 rings (SSSR count). The van der Waals surface area contributed by atoms with E-state index in [0.717, 1.165) is 30.8 Å². The number of halogens is 1. The summed E-state index contributed by atoms with van der Waals surface area (Å²) in [5.41, 5.74) is 2.82. The number of hydrogen-bond donors (Lipinski definition) is 0. The minimum atomic E-state index is -0.382. The number of carbonyl (C=O) groups is 2. The number of hydrogen-bond acceptors (Lipinski definition) is 4. The van der Waals surface area contributed by atoms with E-state index in [-0.39, 0.29) is 23.7 Å². The summed E-state index contributed by atoms with van der Waals surface area (Å²) < 4.78 is 5.03. The van der Waals surface area contributed by atoms with Crippen LogP contribution in [0.4, 0.5) is 0 Å². The zero-order chi connectivity index (χ0) is 21.1. The average molecular weight is 427 g/mol. The minimum absolute atomic E-state index is 0.0383. The smallest absolute Gasteiger partial charge is 0.311 e. The molecule has 0 radical (unpaired) electrons. The Hall–Kier alpha value is -2.37. The van der Waals surface area contributed by atoms with Gasteiger partial charge >= 0.3 is 5.97 Å². The van der Waals surface area contributed by atoms with E-state index in [2.05, 4.69) is 11.0 Å².